The number of benzene rings is 2. The number of halogens is 1. The minimum atomic E-state index is -0.530. The Bertz CT molecular complexity index is 845. The van der Waals surface area contributed by atoms with Crippen LogP contribution in [0, 0.1) is 0 Å². The van der Waals surface area contributed by atoms with E-state index >= 15 is 0 Å². The van der Waals surface area contributed by atoms with Gasteiger partial charge in [0, 0.05) is 29.7 Å². The number of rotatable bonds is 6. The van der Waals surface area contributed by atoms with E-state index in [1.807, 2.05) is 26.0 Å². The molecular weight excluding hydrogens is 417 g/mol. The Labute approximate surface area is 188 Å². The average molecular weight is 448 g/mol. The molecule has 1 N–H and O–H groups in total. The summed E-state index contributed by atoms with van der Waals surface area (Å²) in [6.07, 6.45) is 1.88. The molecule has 0 aliphatic rings. The second-order valence-electron chi connectivity index (χ2n) is 6.58. The lowest BCUT2D eigenvalue weighted by atomic mass is 10.1. The molecule has 0 fully saturated rings. The van der Waals surface area contributed by atoms with E-state index in [9.17, 15) is 23.1 Å². The van der Waals surface area contributed by atoms with Crippen LogP contribution in [0.2, 0.25) is 0 Å². The number of nitrogens with one attached hydrogen (secondary N) is 1. The lowest BCUT2D eigenvalue weighted by Gasteiger charge is -2.04. The molecule has 0 heterocycles. The molecule has 0 aliphatic heterocycles. The van der Waals surface area contributed by atoms with E-state index < -0.39 is 5.12 Å². The van der Waals surface area contributed by atoms with Gasteiger partial charge in [-0.05, 0) is 50.1 Å². The number of anilines is 1. The molecule has 168 valence electrons. The normalized spacial score (nSPS) is 9.35. The van der Waals surface area contributed by atoms with E-state index in [-0.39, 0.29) is 29.6 Å². The molecule has 1 amide bonds. The van der Waals surface area contributed by atoms with Gasteiger partial charge < -0.3 is 10.1 Å². The summed E-state index contributed by atoms with van der Waals surface area (Å²) in [5.74, 6) is 0.257. The number of hydrogen-bond acceptors (Lipinski definition) is 5. The molecule has 0 saturated carbocycles. The van der Waals surface area contributed by atoms with Gasteiger partial charge in [0.05, 0.1) is 0 Å². The molecular formula is C24H30FNO4S. The summed E-state index contributed by atoms with van der Waals surface area (Å²) in [5, 5.41) is 2.20. The minimum absolute atomic E-state index is 0.0235. The predicted molar refractivity (Wildman–Crippen MR) is 125 cm³/mol. The molecule has 0 saturated heterocycles. The van der Waals surface area contributed by atoms with E-state index in [0.29, 0.717) is 24.0 Å². The second kappa shape index (κ2) is 16.0. The third kappa shape index (κ3) is 12.5. The summed E-state index contributed by atoms with van der Waals surface area (Å²) in [5.41, 5.74) is 2.98. The van der Waals surface area contributed by atoms with Crippen molar-refractivity contribution in [2.24, 2.45) is 0 Å². The largest absolute Gasteiger partial charge is 0.326 e. The van der Waals surface area contributed by atoms with Gasteiger partial charge in [0.15, 0.2) is 5.78 Å². The number of ketones is 2. The molecule has 2 rings (SSSR count). The van der Waals surface area contributed by atoms with Gasteiger partial charge in [-0.3, -0.25) is 14.4 Å². The Morgan fingerprint density at radius 1 is 0.806 bits per heavy atom. The minimum Gasteiger partial charge on any atom is -0.326 e. The van der Waals surface area contributed by atoms with E-state index in [1.54, 1.807) is 43.3 Å². The molecule has 0 unspecified atom stereocenters. The molecule has 5 nitrogen and oxygen atoms in total. The summed E-state index contributed by atoms with van der Waals surface area (Å²) < 4.78 is 11.8. The summed E-state index contributed by atoms with van der Waals surface area (Å²) in [7, 11) is 0. The van der Waals surface area contributed by atoms with Crippen LogP contribution in [0.25, 0.3) is 0 Å². The van der Waals surface area contributed by atoms with Crippen LogP contribution >= 0.6 is 12.1 Å². The zero-order valence-corrected chi connectivity index (χ0v) is 19.5. The molecule has 0 aliphatic carbocycles. The summed E-state index contributed by atoms with van der Waals surface area (Å²) >= 11 is -0.248. The topological polar surface area (TPSA) is 80.3 Å². The molecule has 0 radical (unpaired) electrons. The van der Waals surface area contributed by atoms with Crippen molar-refractivity contribution in [3.63, 3.8) is 0 Å². The van der Waals surface area contributed by atoms with Crippen molar-refractivity contribution >= 4 is 40.4 Å². The van der Waals surface area contributed by atoms with Crippen molar-refractivity contribution in [3.05, 3.63) is 65.2 Å². The fourth-order valence-corrected chi connectivity index (χ4v) is 2.34. The zero-order valence-electron chi connectivity index (χ0n) is 18.7. The Kier molecular flexibility index (Phi) is 14.5. The second-order valence-corrected chi connectivity index (χ2v) is 7.10. The third-order valence-electron chi connectivity index (χ3n) is 3.80. The van der Waals surface area contributed by atoms with Crippen molar-refractivity contribution in [2.45, 2.75) is 53.9 Å². The van der Waals surface area contributed by atoms with Crippen LogP contribution in [-0.4, -0.2) is 22.6 Å². The quantitative estimate of drug-likeness (QED) is 0.531. The fraction of sp³-hybridized carbons (Fsp3) is 0.333. The first-order valence-corrected chi connectivity index (χ1v) is 10.7. The summed E-state index contributed by atoms with van der Waals surface area (Å²) in [4.78, 5) is 42.6. The van der Waals surface area contributed by atoms with Crippen LogP contribution in [0.5, 0.6) is 0 Å². The highest BCUT2D eigenvalue weighted by atomic mass is 32.2. The highest BCUT2D eigenvalue weighted by molar-refractivity contribution is 8.09. The Morgan fingerprint density at radius 2 is 1.29 bits per heavy atom. The number of amides is 1. The van der Waals surface area contributed by atoms with Gasteiger partial charge in [0.1, 0.15) is 17.9 Å². The average Bonchev–Trinajstić information content (AvgIpc) is 2.78. The lowest BCUT2D eigenvalue weighted by molar-refractivity contribution is -0.116. The van der Waals surface area contributed by atoms with Crippen LogP contribution in [0.15, 0.2) is 48.5 Å². The number of hydrogen-bond donors (Lipinski definition) is 1. The van der Waals surface area contributed by atoms with Crippen molar-refractivity contribution in [1.29, 1.82) is 0 Å². The molecule has 0 atom stereocenters. The first-order chi connectivity index (χ1) is 14.7. The zero-order chi connectivity index (χ0) is 23.8. The van der Waals surface area contributed by atoms with Gasteiger partial charge >= 0.3 is 0 Å². The maximum atomic E-state index is 11.8. The Morgan fingerprint density at radius 3 is 1.68 bits per heavy atom. The number of Topliss-reactive ketones (excluding diaryl/α,β-unsaturated/α-hetero) is 2. The van der Waals surface area contributed by atoms with E-state index in [0.717, 1.165) is 17.7 Å². The standard InChI is InChI=1S/C12H15NO2.C9H9FOS.C3H6O/c1-3-11(14)9-5-7-10(8-6-9)13-12(15)4-2;1-2-7-3-5-8(6-4-7)9(11)12-10;1-3(2)4/h5-8H,3-4H2,1-2H3,(H,13,15);3-6H,2H2,1H3;1-2H3. The molecule has 2 aromatic rings. The summed E-state index contributed by atoms with van der Waals surface area (Å²) in [6.45, 7) is 8.71. The Hall–Kier alpha value is -2.80. The number of carbonyl (C=O) groups excluding carboxylic acids is 4. The first kappa shape index (κ1) is 28.2. The van der Waals surface area contributed by atoms with Crippen molar-refractivity contribution < 1.29 is 23.1 Å². The van der Waals surface area contributed by atoms with Crippen LogP contribution < -0.4 is 5.32 Å². The summed E-state index contributed by atoms with van der Waals surface area (Å²) in [6, 6.07) is 13.9. The van der Waals surface area contributed by atoms with Crippen LogP contribution in [-0.2, 0) is 16.0 Å². The SMILES string of the molecule is CC(C)=O.CCC(=O)Nc1ccc(C(=O)CC)cc1.CCc1ccc(C(=O)SF)cc1. The van der Waals surface area contributed by atoms with Crippen LogP contribution in [0.3, 0.4) is 0 Å². The Balaban J connectivity index is 0.000000504. The van der Waals surface area contributed by atoms with E-state index in [1.165, 1.54) is 13.8 Å². The molecule has 7 heteroatoms. The molecule has 0 spiro atoms. The highest BCUT2D eigenvalue weighted by Crippen LogP contribution is 2.14. The molecule has 0 aromatic heterocycles. The predicted octanol–water partition coefficient (Wildman–Crippen LogP) is 6.23. The monoisotopic (exact) mass is 447 g/mol. The molecule has 0 bridgehead atoms. The van der Waals surface area contributed by atoms with Gasteiger partial charge in [-0.1, -0.05) is 45.0 Å². The molecule has 2 aromatic carbocycles. The van der Waals surface area contributed by atoms with E-state index in [4.69, 9.17) is 0 Å². The van der Waals surface area contributed by atoms with Gasteiger partial charge in [-0.25, -0.2) is 0 Å². The van der Waals surface area contributed by atoms with Crippen molar-refractivity contribution in [1.82, 2.24) is 0 Å². The van der Waals surface area contributed by atoms with E-state index in [2.05, 4.69) is 5.32 Å². The van der Waals surface area contributed by atoms with Gasteiger partial charge in [0.2, 0.25) is 5.91 Å². The third-order valence-corrected chi connectivity index (χ3v) is 4.18. The fourth-order valence-electron chi connectivity index (χ4n) is 2.11. The van der Waals surface area contributed by atoms with Crippen LogP contribution in [0.4, 0.5) is 9.57 Å². The van der Waals surface area contributed by atoms with Gasteiger partial charge in [-0.15, -0.1) is 0 Å². The highest BCUT2D eigenvalue weighted by Gasteiger charge is 2.05. The molecule has 31 heavy (non-hydrogen) atoms. The maximum Gasteiger partial charge on any atom is 0.251 e. The van der Waals surface area contributed by atoms with Gasteiger partial charge in [0.25, 0.3) is 5.12 Å². The van der Waals surface area contributed by atoms with Crippen molar-refractivity contribution in [2.75, 3.05) is 5.32 Å². The van der Waals surface area contributed by atoms with Crippen molar-refractivity contribution in [3.8, 4) is 0 Å². The number of carbonyl (C=O) groups is 4. The lowest BCUT2D eigenvalue weighted by Crippen LogP contribution is -2.09. The smallest absolute Gasteiger partial charge is 0.251 e. The van der Waals surface area contributed by atoms with Gasteiger partial charge in [-0.2, -0.15) is 3.89 Å². The van der Waals surface area contributed by atoms with Crippen LogP contribution in [0.1, 0.15) is 73.7 Å². The first-order valence-electron chi connectivity index (χ1n) is 10.00. The number of aryl methyl sites for hydroxylation is 1. The maximum absolute atomic E-state index is 11.8.